The van der Waals surface area contributed by atoms with Crippen LogP contribution in [0.5, 0.6) is 0 Å². The van der Waals surface area contributed by atoms with Gasteiger partial charge in [-0.05, 0) is 17.8 Å². The first-order chi connectivity index (χ1) is 8.79. The molecule has 4 heteroatoms. The number of likely N-dealkylation sites (tertiary alicyclic amines) is 1. The van der Waals surface area contributed by atoms with E-state index in [0.29, 0.717) is 24.3 Å². The van der Waals surface area contributed by atoms with Crippen LogP contribution in [0.1, 0.15) is 34.6 Å². The summed E-state index contributed by atoms with van der Waals surface area (Å²) in [5, 5.41) is 0. The molecule has 112 valence electrons. The van der Waals surface area contributed by atoms with Crippen LogP contribution in [-0.2, 0) is 4.79 Å². The minimum atomic E-state index is 0.219. The van der Waals surface area contributed by atoms with E-state index in [9.17, 15) is 4.79 Å². The molecule has 0 spiro atoms. The second-order valence-corrected chi connectivity index (χ2v) is 6.92. The van der Waals surface area contributed by atoms with E-state index in [2.05, 4.69) is 39.5 Å². The highest BCUT2D eigenvalue weighted by Gasteiger charge is 2.29. The minimum absolute atomic E-state index is 0.219. The number of amides is 1. The number of hydrogen-bond donors (Lipinski definition) is 1. The normalized spacial score (nSPS) is 24.4. The Bertz CT molecular complexity index is 271. The highest BCUT2D eigenvalue weighted by atomic mass is 16.2. The zero-order valence-corrected chi connectivity index (χ0v) is 13.2. The molecule has 0 radical (unpaired) electrons. The first-order valence-electron chi connectivity index (χ1n) is 7.55. The summed E-state index contributed by atoms with van der Waals surface area (Å²) in [6.07, 6.45) is 0. The van der Waals surface area contributed by atoms with Crippen LogP contribution < -0.4 is 5.73 Å². The lowest BCUT2D eigenvalue weighted by Crippen LogP contribution is -2.43. The average molecular weight is 269 g/mol. The number of rotatable bonds is 6. The smallest absolute Gasteiger partial charge is 0.236 e. The molecule has 0 bridgehead atoms. The third kappa shape index (κ3) is 5.49. The van der Waals surface area contributed by atoms with Gasteiger partial charge in [0.25, 0.3) is 0 Å². The number of carbonyl (C=O) groups is 1. The average Bonchev–Trinajstić information content (AvgIpc) is 2.55. The Morgan fingerprint density at radius 1 is 1.21 bits per heavy atom. The summed E-state index contributed by atoms with van der Waals surface area (Å²) in [4.78, 5) is 16.6. The quantitative estimate of drug-likeness (QED) is 0.793. The van der Waals surface area contributed by atoms with Gasteiger partial charge in [0.15, 0.2) is 0 Å². The summed E-state index contributed by atoms with van der Waals surface area (Å²) in [6.45, 7) is 14.8. The van der Waals surface area contributed by atoms with E-state index < -0.39 is 0 Å². The maximum absolute atomic E-state index is 12.4. The van der Waals surface area contributed by atoms with Gasteiger partial charge in [-0.25, -0.2) is 0 Å². The third-order valence-electron chi connectivity index (χ3n) is 3.63. The lowest BCUT2D eigenvalue weighted by Gasteiger charge is -2.28. The molecule has 0 saturated carbocycles. The van der Waals surface area contributed by atoms with Gasteiger partial charge in [0.2, 0.25) is 5.91 Å². The van der Waals surface area contributed by atoms with Gasteiger partial charge in [0.05, 0.1) is 6.54 Å². The van der Waals surface area contributed by atoms with Crippen molar-refractivity contribution in [2.45, 2.75) is 40.7 Å². The Kier molecular flexibility index (Phi) is 6.27. The van der Waals surface area contributed by atoms with Crippen molar-refractivity contribution in [3.05, 3.63) is 0 Å². The monoisotopic (exact) mass is 269 g/mol. The van der Waals surface area contributed by atoms with Gasteiger partial charge in [-0.3, -0.25) is 9.69 Å². The molecule has 1 fully saturated rings. The topological polar surface area (TPSA) is 49.6 Å². The van der Waals surface area contributed by atoms with E-state index in [1.807, 2.05) is 4.90 Å². The van der Waals surface area contributed by atoms with Crippen molar-refractivity contribution in [1.29, 1.82) is 0 Å². The van der Waals surface area contributed by atoms with E-state index in [4.69, 9.17) is 5.73 Å². The zero-order chi connectivity index (χ0) is 14.6. The van der Waals surface area contributed by atoms with Crippen LogP contribution in [0.4, 0.5) is 0 Å². The van der Waals surface area contributed by atoms with E-state index in [0.717, 1.165) is 26.2 Å². The summed E-state index contributed by atoms with van der Waals surface area (Å²) in [5.41, 5.74) is 6.02. The highest BCUT2D eigenvalue weighted by Crippen LogP contribution is 2.14. The first-order valence-corrected chi connectivity index (χ1v) is 7.55. The summed E-state index contributed by atoms with van der Waals surface area (Å²) >= 11 is 0. The van der Waals surface area contributed by atoms with Crippen molar-refractivity contribution in [2.75, 3.05) is 32.7 Å². The summed E-state index contributed by atoms with van der Waals surface area (Å²) in [7, 11) is 0. The fourth-order valence-electron chi connectivity index (χ4n) is 2.68. The Labute approximate surface area is 118 Å². The van der Waals surface area contributed by atoms with E-state index in [-0.39, 0.29) is 11.9 Å². The van der Waals surface area contributed by atoms with Crippen LogP contribution in [0.2, 0.25) is 0 Å². The molecule has 2 N–H and O–H groups in total. The highest BCUT2D eigenvalue weighted by molar-refractivity contribution is 5.78. The summed E-state index contributed by atoms with van der Waals surface area (Å²) < 4.78 is 0. The fourth-order valence-corrected chi connectivity index (χ4v) is 2.68. The lowest BCUT2D eigenvalue weighted by molar-refractivity contribution is -0.133. The molecule has 0 aromatic rings. The van der Waals surface area contributed by atoms with Crippen LogP contribution >= 0.6 is 0 Å². The van der Waals surface area contributed by atoms with Gasteiger partial charge in [0, 0.05) is 32.2 Å². The predicted octanol–water partition coefficient (Wildman–Crippen LogP) is 1.41. The molecule has 0 aromatic heterocycles. The van der Waals surface area contributed by atoms with Gasteiger partial charge in [-0.1, -0.05) is 34.6 Å². The zero-order valence-electron chi connectivity index (χ0n) is 13.2. The maximum Gasteiger partial charge on any atom is 0.236 e. The standard InChI is InChI=1S/C15H31N3O/c1-11(2)6-18(7-12(3)4)15(19)10-17-8-13(5)14(16)9-17/h11-14H,6-10,16H2,1-5H3. The van der Waals surface area contributed by atoms with Gasteiger partial charge in [-0.2, -0.15) is 0 Å². The van der Waals surface area contributed by atoms with Crippen LogP contribution in [0, 0.1) is 17.8 Å². The van der Waals surface area contributed by atoms with Crippen molar-refractivity contribution in [3.63, 3.8) is 0 Å². The minimum Gasteiger partial charge on any atom is -0.341 e. The predicted molar refractivity (Wildman–Crippen MR) is 79.8 cm³/mol. The SMILES string of the molecule is CC(C)CN(CC(C)C)C(=O)CN1CC(C)C(N)C1. The van der Waals surface area contributed by atoms with Gasteiger partial charge in [-0.15, -0.1) is 0 Å². The molecule has 1 saturated heterocycles. The Balaban J connectivity index is 2.51. The van der Waals surface area contributed by atoms with Crippen molar-refractivity contribution in [2.24, 2.45) is 23.5 Å². The van der Waals surface area contributed by atoms with E-state index in [1.54, 1.807) is 0 Å². The summed E-state index contributed by atoms with van der Waals surface area (Å²) in [5.74, 6) is 1.78. The second-order valence-electron chi connectivity index (χ2n) is 6.92. The Morgan fingerprint density at radius 3 is 2.11 bits per heavy atom. The van der Waals surface area contributed by atoms with E-state index >= 15 is 0 Å². The fraction of sp³-hybridized carbons (Fsp3) is 0.933. The molecule has 1 amide bonds. The Morgan fingerprint density at radius 2 is 1.74 bits per heavy atom. The van der Waals surface area contributed by atoms with Gasteiger partial charge < -0.3 is 10.6 Å². The molecule has 0 aromatic carbocycles. The van der Waals surface area contributed by atoms with Crippen molar-refractivity contribution < 1.29 is 4.79 Å². The Hall–Kier alpha value is -0.610. The number of nitrogens with zero attached hydrogens (tertiary/aromatic N) is 2. The molecule has 1 aliphatic rings. The maximum atomic E-state index is 12.4. The molecule has 2 atom stereocenters. The van der Waals surface area contributed by atoms with Crippen LogP contribution in [0.15, 0.2) is 0 Å². The number of carbonyl (C=O) groups excluding carboxylic acids is 1. The van der Waals surface area contributed by atoms with Crippen molar-refractivity contribution in [1.82, 2.24) is 9.80 Å². The van der Waals surface area contributed by atoms with Crippen molar-refractivity contribution in [3.8, 4) is 0 Å². The molecule has 2 unspecified atom stereocenters. The molecule has 19 heavy (non-hydrogen) atoms. The third-order valence-corrected chi connectivity index (χ3v) is 3.63. The van der Waals surface area contributed by atoms with E-state index in [1.165, 1.54) is 0 Å². The summed E-state index contributed by atoms with van der Waals surface area (Å²) in [6, 6.07) is 0.219. The molecular weight excluding hydrogens is 238 g/mol. The molecule has 0 aliphatic carbocycles. The number of hydrogen-bond acceptors (Lipinski definition) is 3. The van der Waals surface area contributed by atoms with Gasteiger partial charge >= 0.3 is 0 Å². The molecule has 1 aliphatic heterocycles. The molecular formula is C15H31N3O. The molecule has 1 rings (SSSR count). The number of nitrogens with two attached hydrogens (primary N) is 1. The second kappa shape index (κ2) is 7.25. The van der Waals surface area contributed by atoms with Crippen LogP contribution in [-0.4, -0.2) is 54.5 Å². The van der Waals surface area contributed by atoms with Crippen LogP contribution in [0.25, 0.3) is 0 Å². The lowest BCUT2D eigenvalue weighted by atomic mass is 10.1. The first kappa shape index (κ1) is 16.4. The van der Waals surface area contributed by atoms with Gasteiger partial charge in [0.1, 0.15) is 0 Å². The molecule has 1 heterocycles. The molecule has 4 nitrogen and oxygen atoms in total. The largest absolute Gasteiger partial charge is 0.341 e. The van der Waals surface area contributed by atoms with Crippen LogP contribution in [0.3, 0.4) is 0 Å². The van der Waals surface area contributed by atoms with Crippen molar-refractivity contribution >= 4 is 5.91 Å².